The summed E-state index contributed by atoms with van der Waals surface area (Å²) in [6, 6.07) is 7.88. The number of halogens is 2. The average molecular weight is 548 g/mol. The first kappa shape index (κ1) is 26.3. The second kappa shape index (κ2) is 12.9. The van der Waals surface area contributed by atoms with Crippen LogP contribution in [0.2, 0.25) is 0 Å². The number of aliphatic imine (C=N–C) groups is 1. The minimum atomic E-state index is -0.201. The molecule has 0 spiro atoms. The predicted molar refractivity (Wildman–Crippen MR) is 136 cm³/mol. The monoisotopic (exact) mass is 547 g/mol. The predicted octanol–water partition coefficient (Wildman–Crippen LogP) is 3.10. The van der Waals surface area contributed by atoms with E-state index in [1.54, 1.807) is 12.1 Å². The summed E-state index contributed by atoms with van der Waals surface area (Å²) in [6.45, 7) is 15.5. The topological polar surface area (TPSA) is 52.1 Å². The van der Waals surface area contributed by atoms with Gasteiger partial charge >= 0.3 is 0 Å². The molecule has 8 heteroatoms. The highest BCUT2D eigenvalue weighted by atomic mass is 127. The van der Waals surface area contributed by atoms with E-state index in [2.05, 4.69) is 48.1 Å². The van der Waals surface area contributed by atoms with Crippen molar-refractivity contribution in [2.45, 2.75) is 45.8 Å². The van der Waals surface area contributed by atoms with Crippen molar-refractivity contribution in [1.29, 1.82) is 0 Å². The molecule has 2 aliphatic heterocycles. The largest absolute Gasteiger partial charge is 0.379 e. The third kappa shape index (κ3) is 7.54. The molecule has 3 rings (SSSR count). The van der Waals surface area contributed by atoms with Crippen molar-refractivity contribution in [3.63, 3.8) is 0 Å². The van der Waals surface area contributed by atoms with Crippen molar-refractivity contribution < 1.29 is 9.13 Å². The molecule has 2 fully saturated rings. The molecule has 0 amide bonds. The molecule has 2 heterocycles. The molecule has 2 saturated heterocycles. The molecule has 3 atom stereocenters. The second-order valence-corrected chi connectivity index (χ2v) is 8.71. The maximum absolute atomic E-state index is 13.9. The quantitative estimate of drug-likeness (QED) is 0.312. The van der Waals surface area contributed by atoms with Gasteiger partial charge in [-0.1, -0.05) is 19.1 Å². The van der Waals surface area contributed by atoms with Gasteiger partial charge in [0.2, 0.25) is 0 Å². The van der Waals surface area contributed by atoms with Crippen molar-refractivity contribution in [3.8, 4) is 0 Å². The fourth-order valence-electron chi connectivity index (χ4n) is 4.32. The van der Waals surface area contributed by atoms with Gasteiger partial charge in [-0.25, -0.2) is 4.39 Å². The first-order chi connectivity index (χ1) is 14.5. The van der Waals surface area contributed by atoms with Gasteiger partial charge in [-0.15, -0.1) is 24.0 Å². The van der Waals surface area contributed by atoms with Gasteiger partial charge in [0.05, 0.1) is 25.8 Å². The van der Waals surface area contributed by atoms with E-state index < -0.39 is 0 Å². The molecule has 2 aliphatic rings. The Hall–Kier alpha value is -0.970. The molecular weight excluding hydrogens is 508 g/mol. The second-order valence-electron chi connectivity index (χ2n) is 8.71. The summed E-state index contributed by atoms with van der Waals surface area (Å²) in [5.74, 6) is 1.21. The lowest BCUT2D eigenvalue weighted by Crippen LogP contribution is -2.47. The molecule has 1 aromatic carbocycles. The lowest BCUT2D eigenvalue weighted by atomic mass is 10.0. The Labute approximate surface area is 204 Å². The van der Waals surface area contributed by atoms with Crippen molar-refractivity contribution in [2.24, 2.45) is 10.9 Å². The first-order valence-corrected chi connectivity index (χ1v) is 11.3. The van der Waals surface area contributed by atoms with Gasteiger partial charge in [-0.3, -0.25) is 14.8 Å². The van der Waals surface area contributed by atoms with Gasteiger partial charge in [-0.05, 0) is 44.4 Å². The zero-order chi connectivity index (χ0) is 21.5. The van der Waals surface area contributed by atoms with E-state index in [1.807, 2.05) is 6.07 Å². The van der Waals surface area contributed by atoms with E-state index >= 15 is 0 Å². The van der Waals surface area contributed by atoms with E-state index in [1.165, 1.54) is 6.07 Å². The zero-order valence-corrected chi connectivity index (χ0v) is 21.6. The molecular formula is C23H39FIN5O. The zero-order valence-electron chi connectivity index (χ0n) is 19.3. The van der Waals surface area contributed by atoms with Crippen molar-refractivity contribution in [2.75, 3.05) is 52.5 Å². The number of hydrogen-bond acceptors (Lipinski definition) is 4. The lowest BCUT2D eigenvalue weighted by Gasteiger charge is -2.34. The third-order valence-electron chi connectivity index (χ3n) is 6.18. The van der Waals surface area contributed by atoms with Crippen LogP contribution in [0, 0.1) is 11.7 Å². The maximum atomic E-state index is 13.9. The molecule has 0 aromatic heterocycles. The van der Waals surface area contributed by atoms with Crippen LogP contribution in [-0.2, 0) is 4.74 Å². The number of morpholine rings is 1. The van der Waals surface area contributed by atoms with Crippen LogP contribution < -0.4 is 10.6 Å². The normalized spacial score (nSPS) is 24.1. The van der Waals surface area contributed by atoms with Crippen LogP contribution in [0.3, 0.4) is 0 Å². The number of rotatable bonds is 7. The van der Waals surface area contributed by atoms with E-state index in [4.69, 9.17) is 9.73 Å². The molecule has 2 N–H and O–H groups in total. The van der Waals surface area contributed by atoms with Gasteiger partial charge in [0.15, 0.2) is 5.96 Å². The SMILES string of the molecule is CCNC(=NCC(c1cccc(F)c1)N1CCOCC1)NC1CN(C(C)C)CC1C.I. The van der Waals surface area contributed by atoms with Crippen LogP contribution in [0.1, 0.15) is 39.3 Å². The minimum Gasteiger partial charge on any atom is -0.379 e. The standard InChI is InChI=1S/C23H38FN5O.HI/c1-5-25-23(27-21-16-29(17(2)3)15-18(21)4)26-14-22(28-9-11-30-12-10-28)19-7-6-8-20(24)13-19;/h6-8,13,17-18,21-22H,5,9-12,14-16H2,1-4H3,(H2,25,26,27);1H. The molecule has 6 nitrogen and oxygen atoms in total. The summed E-state index contributed by atoms with van der Waals surface area (Å²) in [5, 5.41) is 7.05. The van der Waals surface area contributed by atoms with Crippen molar-refractivity contribution >= 4 is 29.9 Å². The van der Waals surface area contributed by atoms with Crippen LogP contribution in [0.25, 0.3) is 0 Å². The summed E-state index contributed by atoms with van der Waals surface area (Å²) in [4.78, 5) is 9.79. The molecule has 0 saturated carbocycles. The van der Waals surface area contributed by atoms with Gasteiger partial charge in [0, 0.05) is 44.8 Å². The summed E-state index contributed by atoms with van der Waals surface area (Å²) in [6.07, 6.45) is 0. The number of nitrogens with zero attached hydrogens (tertiary/aromatic N) is 3. The van der Waals surface area contributed by atoms with Gasteiger partial charge in [-0.2, -0.15) is 0 Å². The number of ether oxygens (including phenoxy) is 1. The van der Waals surface area contributed by atoms with E-state index in [0.717, 1.165) is 44.2 Å². The molecule has 0 radical (unpaired) electrons. The van der Waals surface area contributed by atoms with Gasteiger partial charge < -0.3 is 15.4 Å². The molecule has 176 valence electrons. The molecule has 1 aromatic rings. The maximum Gasteiger partial charge on any atom is 0.191 e. The smallest absolute Gasteiger partial charge is 0.191 e. The summed E-state index contributed by atoms with van der Waals surface area (Å²) in [7, 11) is 0. The Morgan fingerprint density at radius 1 is 1.23 bits per heavy atom. The first-order valence-electron chi connectivity index (χ1n) is 11.3. The van der Waals surface area contributed by atoms with Crippen molar-refractivity contribution in [1.82, 2.24) is 20.4 Å². The number of guanidine groups is 1. The van der Waals surface area contributed by atoms with Crippen LogP contribution in [0.5, 0.6) is 0 Å². The van der Waals surface area contributed by atoms with Crippen molar-refractivity contribution in [3.05, 3.63) is 35.6 Å². The van der Waals surface area contributed by atoms with Gasteiger partial charge in [0.1, 0.15) is 5.82 Å². The number of likely N-dealkylation sites (tertiary alicyclic amines) is 1. The highest BCUT2D eigenvalue weighted by Gasteiger charge is 2.31. The van der Waals surface area contributed by atoms with Crippen LogP contribution in [-0.4, -0.2) is 80.3 Å². The Balaban J connectivity index is 0.00000341. The molecule has 3 unspecified atom stereocenters. The Bertz CT molecular complexity index is 698. The third-order valence-corrected chi connectivity index (χ3v) is 6.18. The van der Waals surface area contributed by atoms with Crippen LogP contribution >= 0.6 is 24.0 Å². The summed E-state index contributed by atoms with van der Waals surface area (Å²) >= 11 is 0. The average Bonchev–Trinajstić information content (AvgIpc) is 3.10. The Morgan fingerprint density at radius 3 is 2.58 bits per heavy atom. The fraction of sp³-hybridized carbons (Fsp3) is 0.696. The number of benzene rings is 1. The van der Waals surface area contributed by atoms with Crippen LogP contribution in [0.4, 0.5) is 4.39 Å². The van der Waals surface area contributed by atoms with E-state index in [-0.39, 0.29) is 35.8 Å². The molecule has 0 bridgehead atoms. The minimum absolute atomic E-state index is 0. The summed E-state index contributed by atoms with van der Waals surface area (Å²) in [5.41, 5.74) is 0.969. The van der Waals surface area contributed by atoms with E-state index in [0.29, 0.717) is 37.8 Å². The number of hydrogen-bond donors (Lipinski definition) is 2. The Morgan fingerprint density at radius 2 is 1.97 bits per heavy atom. The van der Waals surface area contributed by atoms with E-state index in [9.17, 15) is 4.39 Å². The molecule has 31 heavy (non-hydrogen) atoms. The highest BCUT2D eigenvalue weighted by molar-refractivity contribution is 14.0. The molecule has 0 aliphatic carbocycles. The Kier molecular flexibility index (Phi) is 10.9. The fourth-order valence-corrected chi connectivity index (χ4v) is 4.32. The highest BCUT2D eigenvalue weighted by Crippen LogP contribution is 2.23. The summed E-state index contributed by atoms with van der Waals surface area (Å²) < 4.78 is 19.4. The van der Waals surface area contributed by atoms with Gasteiger partial charge in [0.25, 0.3) is 0 Å². The lowest BCUT2D eigenvalue weighted by molar-refractivity contribution is 0.0179. The van der Waals surface area contributed by atoms with Crippen LogP contribution in [0.15, 0.2) is 29.3 Å². The number of nitrogens with one attached hydrogen (secondary N) is 2.